The first-order chi connectivity index (χ1) is 23.2. The zero-order valence-electron chi connectivity index (χ0n) is 25.1. The molecule has 0 aliphatic rings. The fourth-order valence-electron chi connectivity index (χ4n) is 6.57. The standard InChI is InChI=1S/C42H25FN4/c43-30-22-19-26(20-23-30)39-38-34-18-10-8-16-32(34)31-15-7-9-17-33(31)37(38)35-24-21-29(25-36(35)44-39)42-46-40(27-11-3-1-4-12-27)45-41(47-42)28-13-5-2-6-14-28/h1-25H. The number of hydrogen-bond acceptors (Lipinski definition) is 4. The van der Waals surface area contributed by atoms with E-state index in [0.29, 0.717) is 17.5 Å². The predicted octanol–water partition coefficient (Wildman–Crippen LogP) is 10.7. The lowest BCUT2D eigenvalue weighted by molar-refractivity contribution is 0.628. The Morgan fingerprint density at radius 3 is 1.38 bits per heavy atom. The molecule has 0 fully saturated rings. The van der Waals surface area contributed by atoms with Crippen LogP contribution < -0.4 is 0 Å². The fourth-order valence-corrected chi connectivity index (χ4v) is 6.57. The molecule has 9 rings (SSSR count). The van der Waals surface area contributed by atoms with Crippen molar-refractivity contribution in [3.63, 3.8) is 0 Å². The van der Waals surface area contributed by atoms with E-state index in [1.165, 1.54) is 17.5 Å². The average Bonchev–Trinajstić information content (AvgIpc) is 3.15. The molecule has 0 atom stereocenters. The molecule has 9 aromatic rings. The summed E-state index contributed by atoms with van der Waals surface area (Å²) in [6.07, 6.45) is 0. The van der Waals surface area contributed by atoms with Crippen LogP contribution in [0.5, 0.6) is 0 Å². The third-order valence-electron chi connectivity index (χ3n) is 8.74. The van der Waals surface area contributed by atoms with E-state index in [-0.39, 0.29) is 5.82 Å². The van der Waals surface area contributed by atoms with Crippen molar-refractivity contribution in [3.8, 4) is 45.4 Å². The molecule has 2 aromatic heterocycles. The Hall–Kier alpha value is -6.33. The van der Waals surface area contributed by atoms with Crippen LogP contribution in [-0.2, 0) is 0 Å². The smallest absolute Gasteiger partial charge is 0.164 e. The van der Waals surface area contributed by atoms with E-state index in [9.17, 15) is 4.39 Å². The summed E-state index contributed by atoms with van der Waals surface area (Å²) in [4.78, 5) is 20.1. The van der Waals surface area contributed by atoms with Gasteiger partial charge in [-0.2, -0.15) is 0 Å². The van der Waals surface area contributed by atoms with Gasteiger partial charge in [0.2, 0.25) is 0 Å². The molecule has 4 nitrogen and oxygen atoms in total. The van der Waals surface area contributed by atoms with Crippen molar-refractivity contribution in [1.82, 2.24) is 19.9 Å². The van der Waals surface area contributed by atoms with Crippen molar-refractivity contribution < 1.29 is 4.39 Å². The second kappa shape index (κ2) is 10.9. The largest absolute Gasteiger partial charge is 0.247 e. The number of aromatic nitrogens is 4. The van der Waals surface area contributed by atoms with E-state index in [1.54, 1.807) is 12.1 Å². The first-order valence-electron chi connectivity index (χ1n) is 15.5. The highest BCUT2D eigenvalue weighted by Crippen LogP contribution is 2.43. The van der Waals surface area contributed by atoms with Crippen LogP contribution in [0.4, 0.5) is 4.39 Å². The number of rotatable bonds is 4. The van der Waals surface area contributed by atoms with Gasteiger partial charge in [0, 0.05) is 38.4 Å². The lowest BCUT2D eigenvalue weighted by atomic mass is 9.89. The molecule has 0 bridgehead atoms. The minimum absolute atomic E-state index is 0.283. The molecule has 0 unspecified atom stereocenters. The first kappa shape index (κ1) is 27.0. The van der Waals surface area contributed by atoms with Gasteiger partial charge in [0.15, 0.2) is 17.5 Å². The molecule has 0 amide bonds. The normalized spacial score (nSPS) is 11.5. The molecule has 7 aromatic carbocycles. The Kier molecular flexibility index (Phi) is 6.28. The van der Waals surface area contributed by atoms with E-state index < -0.39 is 0 Å². The van der Waals surface area contributed by atoms with Crippen LogP contribution in [-0.4, -0.2) is 19.9 Å². The van der Waals surface area contributed by atoms with E-state index >= 15 is 0 Å². The number of fused-ring (bicyclic) bond motifs is 8. The molecular weight excluding hydrogens is 579 g/mol. The molecule has 0 saturated heterocycles. The van der Waals surface area contributed by atoms with Gasteiger partial charge in [-0.3, -0.25) is 0 Å². The van der Waals surface area contributed by atoms with E-state index in [1.807, 2.05) is 60.7 Å². The van der Waals surface area contributed by atoms with Crippen molar-refractivity contribution in [3.05, 3.63) is 157 Å². The molecule has 2 heterocycles. The molecule has 0 N–H and O–H groups in total. The molecule has 47 heavy (non-hydrogen) atoms. The van der Waals surface area contributed by atoms with Gasteiger partial charge in [0.1, 0.15) is 5.82 Å². The van der Waals surface area contributed by atoms with E-state index in [2.05, 4.69) is 66.7 Å². The number of pyridine rings is 1. The molecule has 0 spiro atoms. The van der Waals surface area contributed by atoms with Crippen LogP contribution in [0, 0.1) is 5.82 Å². The molecular formula is C42H25FN4. The number of nitrogens with zero attached hydrogens (tertiary/aromatic N) is 4. The van der Waals surface area contributed by atoms with Gasteiger partial charge >= 0.3 is 0 Å². The van der Waals surface area contributed by atoms with Crippen molar-refractivity contribution in [2.45, 2.75) is 0 Å². The Labute approximate surface area is 269 Å². The zero-order valence-corrected chi connectivity index (χ0v) is 25.1. The van der Waals surface area contributed by atoms with Crippen LogP contribution in [0.25, 0.3) is 88.6 Å². The third kappa shape index (κ3) is 4.60. The zero-order chi connectivity index (χ0) is 31.3. The summed E-state index contributed by atoms with van der Waals surface area (Å²) in [5.41, 5.74) is 5.11. The van der Waals surface area contributed by atoms with Crippen LogP contribution >= 0.6 is 0 Å². The summed E-state index contributed by atoms with van der Waals surface area (Å²) < 4.78 is 14.1. The molecule has 0 aliphatic carbocycles. The van der Waals surface area contributed by atoms with Crippen LogP contribution in [0.3, 0.4) is 0 Å². The van der Waals surface area contributed by atoms with Gasteiger partial charge in [-0.1, -0.05) is 121 Å². The van der Waals surface area contributed by atoms with Crippen molar-refractivity contribution in [2.75, 3.05) is 0 Å². The number of hydrogen-bond donors (Lipinski definition) is 0. The van der Waals surface area contributed by atoms with Gasteiger partial charge in [0.25, 0.3) is 0 Å². The Morgan fingerprint density at radius 2 is 0.809 bits per heavy atom. The average molecular weight is 605 g/mol. The summed E-state index contributed by atoms with van der Waals surface area (Å²) in [7, 11) is 0. The van der Waals surface area contributed by atoms with Gasteiger partial charge in [0.05, 0.1) is 11.2 Å². The highest BCUT2D eigenvalue weighted by Gasteiger charge is 2.19. The summed E-state index contributed by atoms with van der Waals surface area (Å²) in [6, 6.07) is 49.7. The van der Waals surface area contributed by atoms with Crippen LogP contribution in [0.15, 0.2) is 152 Å². The highest BCUT2D eigenvalue weighted by atomic mass is 19.1. The molecule has 0 saturated carbocycles. The SMILES string of the molecule is Fc1ccc(-c2nc3cc(-c4nc(-c5ccccc5)nc(-c5ccccc5)n4)ccc3c3c4ccccc4c4ccccc4c23)cc1. The van der Waals surface area contributed by atoms with Crippen molar-refractivity contribution >= 4 is 43.2 Å². The molecule has 5 heteroatoms. The van der Waals surface area contributed by atoms with Gasteiger partial charge < -0.3 is 0 Å². The lowest BCUT2D eigenvalue weighted by Crippen LogP contribution is -2.00. The minimum Gasteiger partial charge on any atom is -0.247 e. The highest BCUT2D eigenvalue weighted by molar-refractivity contribution is 6.33. The Morgan fingerprint density at radius 1 is 0.340 bits per heavy atom. The maximum absolute atomic E-state index is 14.1. The minimum atomic E-state index is -0.283. The summed E-state index contributed by atoms with van der Waals surface area (Å²) in [5, 5.41) is 7.76. The quantitative estimate of drug-likeness (QED) is 0.188. The number of benzene rings is 7. The maximum atomic E-state index is 14.1. The van der Waals surface area contributed by atoms with E-state index in [4.69, 9.17) is 19.9 Å². The predicted molar refractivity (Wildman–Crippen MR) is 189 cm³/mol. The third-order valence-corrected chi connectivity index (χ3v) is 8.74. The maximum Gasteiger partial charge on any atom is 0.164 e. The summed E-state index contributed by atoms with van der Waals surface area (Å²) >= 11 is 0. The second-order valence-corrected chi connectivity index (χ2v) is 11.6. The Bertz CT molecular complexity index is 2560. The molecule has 220 valence electrons. The molecule has 0 aliphatic heterocycles. The van der Waals surface area contributed by atoms with Crippen LogP contribution in [0.1, 0.15) is 0 Å². The monoisotopic (exact) mass is 604 g/mol. The van der Waals surface area contributed by atoms with Gasteiger partial charge in [-0.15, -0.1) is 0 Å². The van der Waals surface area contributed by atoms with Gasteiger partial charge in [-0.25, -0.2) is 24.3 Å². The number of halogens is 1. The second-order valence-electron chi connectivity index (χ2n) is 11.6. The molecule has 0 radical (unpaired) electrons. The topological polar surface area (TPSA) is 51.6 Å². The first-order valence-corrected chi connectivity index (χ1v) is 15.5. The van der Waals surface area contributed by atoms with Gasteiger partial charge in [-0.05, 0) is 51.9 Å². The summed E-state index contributed by atoms with van der Waals surface area (Å²) in [6.45, 7) is 0. The van der Waals surface area contributed by atoms with Crippen molar-refractivity contribution in [2.24, 2.45) is 0 Å². The summed E-state index contributed by atoms with van der Waals surface area (Å²) in [5.74, 6) is 1.49. The van der Waals surface area contributed by atoms with Crippen LogP contribution in [0.2, 0.25) is 0 Å². The fraction of sp³-hybridized carbons (Fsp3) is 0. The Balaban J connectivity index is 1.36. The lowest BCUT2D eigenvalue weighted by Gasteiger charge is -2.17. The van der Waals surface area contributed by atoms with E-state index in [0.717, 1.165) is 65.8 Å². The van der Waals surface area contributed by atoms with Crippen molar-refractivity contribution in [1.29, 1.82) is 0 Å².